The van der Waals surface area contributed by atoms with Gasteiger partial charge in [0.2, 0.25) is 17.7 Å². The molecule has 0 radical (unpaired) electrons. The number of hydrogen-bond donors (Lipinski definition) is 1. The molecule has 1 aromatic carbocycles. The molecule has 26 heavy (non-hydrogen) atoms. The zero-order valence-corrected chi connectivity index (χ0v) is 16.3. The van der Waals surface area contributed by atoms with Crippen LogP contribution in [-0.4, -0.2) is 66.3 Å². The number of halogens is 1. The Bertz CT molecular complexity index is 718. The minimum Gasteiger partial charge on any atom is -0.368 e. The van der Waals surface area contributed by atoms with Crippen molar-refractivity contribution in [3.8, 4) is 0 Å². The zero-order valence-electron chi connectivity index (χ0n) is 14.7. The number of anilines is 1. The first-order valence-corrected chi connectivity index (χ1v) is 9.57. The fraction of sp³-hybridized carbons (Fsp3) is 0.500. The van der Waals surface area contributed by atoms with Gasteiger partial charge in [-0.3, -0.25) is 19.3 Å². The molecule has 8 heteroatoms. The Kier molecular flexibility index (Phi) is 5.62. The van der Waals surface area contributed by atoms with E-state index in [-0.39, 0.29) is 23.8 Å². The largest absolute Gasteiger partial charge is 0.368 e. The van der Waals surface area contributed by atoms with Crippen LogP contribution in [-0.2, 0) is 14.4 Å². The number of carbonyl (C=O) groups excluding carboxylic acids is 3. The lowest BCUT2D eigenvalue weighted by Crippen LogP contribution is -2.55. The molecule has 140 valence electrons. The number of carbonyl (C=O) groups is 3. The highest BCUT2D eigenvalue weighted by Gasteiger charge is 2.40. The number of hydrogen-bond acceptors (Lipinski definition) is 4. The number of benzene rings is 1. The number of rotatable bonds is 4. The Morgan fingerprint density at radius 3 is 2.50 bits per heavy atom. The van der Waals surface area contributed by atoms with Crippen LogP contribution in [0.4, 0.5) is 5.69 Å². The van der Waals surface area contributed by atoms with Gasteiger partial charge >= 0.3 is 0 Å². The van der Waals surface area contributed by atoms with E-state index in [0.717, 1.165) is 10.2 Å². The van der Waals surface area contributed by atoms with Crippen LogP contribution in [0.2, 0.25) is 0 Å². The molecule has 2 fully saturated rings. The third-order valence-electron chi connectivity index (χ3n) is 5.21. The van der Waals surface area contributed by atoms with Crippen LogP contribution in [0.25, 0.3) is 0 Å². The standard InChI is InChI=1S/C18H23BrN4O3/c1-12(16(20)24)21-7-9-22(10-8-21)17(25)15-5-6-23(18(15)26)14-4-2-3-13(19)11-14/h2-4,11-12,15H,5-10H2,1H3,(H2,20,24). The van der Waals surface area contributed by atoms with Crippen LogP contribution in [0.5, 0.6) is 0 Å². The molecule has 2 N–H and O–H groups in total. The summed E-state index contributed by atoms with van der Waals surface area (Å²) in [4.78, 5) is 42.3. The molecule has 0 bridgehead atoms. The van der Waals surface area contributed by atoms with E-state index in [0.29, 0.717) is 39.1 Å². The van der Waals surface area contributed by atoms with E-state index in [1.807, 2.05) is 29.2 Å². The Labute approximate surface area is 161 Å². The van der Waals surface area contributed by atoms with Gasteiger partial charge in [-0.2, -0.15) is 0 Å². The van der Waals surface area contributed by atoms with Gasteiger partial charge in [0, 0.05) is 42.9 Å². The van der Waals surface area contributed by atoms with E-state index >= 15 is 0 Å². The van der Waals surface area contributed by atoms with Gasteiger partial charge in [0.15, 0.2) is 0 Å². The molecule has 2 aliphatic heterocycles. The first kappa shape index (κ1) is 18.8. The van der Waals surface area contributed by atoms with Crippen LogP contribution < -0.4 is 10.6 Å². The maximum Gasteiger partial charge on any atom is 0.239 e. The van der Waals surface area contributed by atoms with E-state index in [2.05, 4.69) is 15.9 Å². The molecule has 0 aromatic heterocycles. The predicted octanol–water partition coefficient (Wildman–Crippen LogP) is 0.820. The van der Waals surface area contributed by atoms with Gasteiger partial charge in [-0.25, -0.2) is 0 Å². The summed E-state index contributed by atoms with van der Waals surface area (Å²) >= 11 is 3.41. The molecular formula is C18H23BrN4O3. The lowest BCUT2D eigenvalue weighted by atomic mass is 10.1. The quantitative estimate of drug-likeness (QED) is 0.727. The van der Waals surface area contributed by atoms with Crippen molar-refractivity contribution in [3.63, 3.8) is 0 Å². The van der Waals surface area contributed by atoms with Gasteiger partial charge in [0.05, 0.1) is 6.04 Å². The summed E-state index contributed by atoms with van der Waals surface area (Å²) in [6.45, 7) is 4.52. The topological polar surface area (TPSA) is 87.0 Å². The van der Waals surface area contributed by atoms with Gasteiger partial charge in [0.1, 0.15) is 5.92 Å². The monoisotopic (exact) mass is 422 g/mol. The van der Waals surface area contributed by atoms with Crippen molar-refractivity contribution >= 4 is 39.3 Å². The molecule has 1 aromatic rings. The third kappa shape index (κ3) is 3.76. The van der Waals surface area contributed by atoms with Crippen LogP contribution in [0.3, 0.4) is 0 Å². The molecule has 0 saturated carbocycles. The Morgan fingerprint density at radius 1 is 1.19 bits per heavy atom. The molecule has 3 amide bonds. The Balaban J connectivity index is 1.61. The summed E-state index contributed by atoms with van der Waals surface area (Å²) in [6, 6.07) is 7.20. The van der Waals surface area contributed by atoms with Crippen LogP contribution >= 0.6 is 15.9 Å². The smallest absolute Gasteiger partial charge is 0.239 e. The van der Waals surface area contributed by atoms with Crippen molar-refractivity contribution in [1.82, 2.24) is 9.80 Å². The molecule has 7 nitrogen and oxygen atoms in total. The molecule has 2 atom stereocenters. The van der Waals surface area contributed by atoms with Crippen LogP contribution in [0.15, 0.2) is 28.7 Å². The molecule has 2 aliphatic rings. The second kappa shape index (κ2) is 7.75. The number of piperazine rings is 1. The summed E-state index contributed by atoms with van der Waals surface area (Å²) in [5.41, 5.74) is 6.15. The highest BCUT2D eigenvalue weighted by atomic mass is 79.9. The first-order valence-electron chi connectivity index (χ1n) is 8.77. The van der Waals surface area contributed by atoms with E-state index in [1.165, 1.54) is 0 Å². The minimum absolute atomic E-state index is 0.112. The molecule has 3 rings (SSSR count). The summed E-state index contributed by atoms with van der Waals surface area (Å²) in [6.07, 6.45) is 0.530. The van der Waals surface area contributed by atoms with Crippen molar-refractivity contribution in [2.75, 3.05) is 37.6 Å². The molecular weight excluding hydrogens is 400 g/mol. The maximum atomic E-state index is 12.8. The number of amides is 3. The van der Waals surface area contributed by atoms with Gasteiger partial charge in [0.25, 0.3) is 0 Å². The molecule has 0 spiro atoms. The maximum absolute atomic E-state index is 12.8. The summed E-state index contributed by atoms with van der Waals surface area (Å²) < 4.78 is 0.900. The molecule has 0 aliphatic carbocycles. The molecule has 2 saturated heterocycles. The van der Waals surface area contributed by atoms with Crippen molar-refractivity contribution < 1.29 is 14.4 Å². The Morgan fingerprint density at radius 2 is 1.88 bits per heavy atom. The van der Waals surface area contributed by atoms with Crippen LogP contribution in [0.1, 0.15) is 13.3 Å². The lowest BCUT2D eigenvalue weighted by Gasteiger charge is -2.37. The highest BCUT2D eigenvalue weighted by molar-refractivity contribution is 9.10. The third-order valence-corrected chi connectivity index (χ3v) is 5.70. The summed E-state index contributed by atoms with van der Waals surface area (Å²) in [5, 5.41) is 0. The van der Waals surface area contributed by atoms with E-state index in [4.69, 9.17) is 5.73 Å². The Hall–Kier alpha value is -1.93. The normalized spacial score (nSPS) is 22.5. The van der Waals surface area contributed by atoms with E-state index in [1.54, 1.807) is 16.7 Å². The van der Waals surface area contributed by atoms with Crippen LogP contribution in [0, 0.1) is 5.92 Å². The van der Waals surface area contributed by atoms with Crippen molar-refractivity contribution in [2.24, 2.45) is 11.7 Å². The summed E-state index contributed by atoms with van der Waals surface area (Å²) in [5.74, 6) is -1.23. The second-order valence-corrected chi connectivity index (χ2v) is 7.67. The van der Waals surface area contributed by atoms with Crippen molar-refractivity contribution in [3.05, 3.63) is 28.7 Å². The SMILES string of the molecule is CC(C(N)=O)N1CCN(C(=O)C2CCN(c3cccc(Br)c3)C2=O)CC1. The highest BCUT2D eigenvalue weighted by Crippen LogP contribution is 2.28. The average molecular weight is 423 g/mol. The van der Waals surface area contributed by atoms with Gasteiger partial charge in [-0.15, -0.1) is 0 Å². The van der Waals surface area contributed by atoms with Crippen molar-refractivity contribution in [1.29, 1.82) is 0 Å². The van der Waals surface area contributed by atoms with Crippen molar-refractivity contribution in [2.45, 2.75) is 19.4 Å². The number of nitrogens with zero attached hydrogens (tertiary/aromatic N) is 3. The number of primary amides is 1. The van der Waals surface area contributed by atoms with Gasteiger partial charge in [-0.1, -0.05) is 22.0 Å². The summed E-state index contributed by atoms with van der Waals surface area (Å²) in [7, 11) is 0. The van der Waals surface area contributed by atoms with E-state index < -0.39 is 5.92 Å². The average Bonchev–Trinajstić information content (AvgIpc) is 3.02. The fourth-order valence-electron chi connectivity index (χ4n) is 3.54. The van der Waals surface area contributed by atoms with Gasteiger partial charge < -0.3 is 15.5 Å². The molecule has 2 heterocycles. The minimum atomic E-state index is -0.617. The zero-order chi connectivity index (χ0) is 18.8. The van der Waals surface area contributed by atoms with E-state index in [9.17, 15) is 14.4 Å². The lowest BCUT2D eigenvalue weighted by molar-refractivity contribution is -0.141. The second-order valence-electron chi connectivity index (χ2n) is 6.75. The first-order chi connectivity index (χ1) is 12.4. The fourth-order valence-corrected chi connectivity index (χ4v) is 3.93. The number of nitrogens with two attached hydrogens (primary N) is 1. The predicted molar refractivity (Wildman–Crippen MR) is 101 cm³/mol. The van der Waals surface area contributed by atoms with Gasteiger partial charge in [-0.05, 0) is 31.5 Å². The molecule has 2 unspecified atom stereocenters.